The van der Waals surface area contributed by atoms with Crippen LogP contribution in [0, 0.1) is 6.92 Å². The van der Waals surface area contributed by atoms with Crippen LogP contribution in [0.25, 0.3) is 17.2 Å². The van der Waals surface area contributed by atoms with E-state index < -0.39 is 0 Å². The average Bonchev–Trinajstić information content (AvgIpc) is 2.45. The van der Waals surface area contributed by atoms with Crippen LogP contribution in [0.2, 0.25) is 0 Å². The van der Waals surface area contributed by atoms with E-state index in [9.17, 15) is 0 Å². The van der Waals surface area contributed by atoms with E-state index in [0.717, 1.165) is 15.6 Å². The quantitative estimate of drug-likeness (QED) is 0.800. The summed E-state index contributed by atoms with van der Waals surface area (Å²) in [4.78, 5) is 4.24. The Morgan fingerprint density at radius 1 is 1.53 bits per heavy atom. The lowest BCUT2D eigenvalue weighted by Gasteiger charge is -1.93. The maximum atomic E-state index is 9.10. The summed E-state index contributed by atoms with van der Waals surface area (Å²) in [5.74, 6) is 0.589. The summed E-state index contributed by atoms with van der Waals surface area (Å²) in [6.07, 6.45) is 1.49. The Bertz CT molecular complexity index is 539. The Kier molecular flexibility index (Phi) is 2.52. The Hall–Kier alpha value is -1.29. The first kappa shape index (κ1) is 10.2. The van der Waals surface area contributed by atoms with E-state index in [4.69, 9.17) is 9.52 Å². The molecule has 2 aromatic rings. The zero-order chi connectivity index (χ0) is 11.0. The predicted molar refractivity (Wildman–Crippen MR) is 62.7 cm³/mol. The fraction of sp³-hybridized carbons (Fsp3) is 0.182. The van der Waals surface area contributed by atoms with Gasteiger partial charge in [-0.05, 0) is 47.5 Å². The van der Waals surface area contributed by atoms with Gasteiger partial charge < -0.3 is 9.52 Å². The molecule has 2 rings (SSSR count). The van der Waals surface area contributed by atoms with Crippen LogP contribution in [0.4, 0.5) is 0 Å². The molecule has 0 spiro atoms. The van der Waals surface area contributed by atoms with Crippen molar-refractivity contribution in [1.82, 2.24) is 4.98 Å². The molecule has 0 aliphatic carbocycles. The number of halogens is 1. The minimum atomic E-state index is 0.175. The van der Waals surface area contributed by atoms with Gasteiger partial charge in [-0.1, -0.05) is 0 Å². The number of benzene rings is 1. The van der Waals surface area contributed by atoms with Gasteiger partial charge in [0.25, 0.3) is 0 Å². The third-order valence-electron chi connectivity index (χ3n) is 1.94. The first-order valence-corrected chi connectivity index (χ1v) is 5.29. The third-order valence-corrected chi connectivity index (χ3v) is 2.53. The second-order valence-electron chi connectivity index (χ2n) is 3.43. The molecule has 1 heterocycles. The second kappa shape index (κ2) is 3.70. The van der Waals surface area contributed by atoms with E-state index in [2.05, 4.69) is 20.9 Å². The molecule has 4 heteroatoms. The first-order valence-electron chi connectivity index (χ1n) is 4.50. The van der Waals surface area contributed by atoms with Crippen LogP contribution in [-0.2, 0) is 0 Å². The summed E-state index contributed by atoms with van der Waals surface area (Å²) in [7, 11) is 0. The molecule has 0 atom stereocenters. The van der Waals surface area contributed by atoms with Crippen LogP contribution < -0.4 is 0 Å². The molecule has 0 radical (unpaired) electrons. The van der Waals surface area contributed by atoms with Gasteiger partial charge in [0.05, 0.1) is 10.2 Å². The van der Waals surface area contributed by atoms with Gasteiger partial charge in [0.15, 0.2) is 5.58 Å². The molecule has 0 saturated carbocycles. The number of aromatic nitrogens is 1. The maximum Gasteiger partial charge on any atom is 0.223 e. The number of hydrogen-bond acceptors (Lipinski definition) is 3. The van der Waals surface area contributed by atoms with Gasteiger partial charge in [-0.3, -0.25) is 0 Å². The van der Waals surface area contributed by atoms with Crippen LogP contribution in [0.15, 0.2) is 26.8 Å². The number of oxazole rings is 1. The minimum Gasteiger partial charge on any atom is -0.512 e. The van der Waals surface area contributed by atoms with Crippen molar-refractivity contribution in [3.63, 3.8) is 0 Å². The van der Waals surface area contributed by atoms with Crippen LogP contribution in [0.1, 0.15) is 18.4 Å². The highest BCUT2D eigenvalue weighted by Gasteiger charge is 2.08. The zero-order valence-corrected chi connectivity index (χ0v) is 10.00. The van der Waals surface area contributed by atoms with E-state index >= 15 is 0 Å². The summed E-state index contributed by atoms with van der Waals surface area (Å²) >= 11 is 3.41. The molecule has 3 nitrogen and oxygen atoms in total. The standard InChI is InChI=1S/C11H10BrNO2/c1-6-3-8(12)11-9(4-6)13-10(15-11)5-7(2)14/h3-5,14H,1-2H3/b7-5+. The number of allylic oxidation sites excluding steroid dienone is 1. The van der Waals surface area contributed by atoms with Crippen molar-refractivity contribution in [2.45, 2.75) is 13.8 Å². The number of nitrogens with zero attached hydrogens (tertiary/aromatic N) is 1. The van der Waals surface area contributed by atoms with Crippen molar-refractivity contribution in [3.8, 4) is 0 Å². The molecule has 0 aliphatic rings. The fourth-order valence-electron chi connectivity index (χ4n) is 1.38. The lowest BCUT2D eigenvalue weighted by atomic mass is 10.2. The lowest BCUT2D eigenvalue weighted by Crippen LogP contribution is -1.75. The molecule has 0 saturated heterocycles. The second-order valence-corrected chi connectivity index (χ2v) is 4.29. The van der Waals surface area contributed by atoms with E-state index in [1.165, 1.54) is 6.08 Å². The monoisotopic (exact) mass is 267 g/mol. The molecule has 1 aromatic carbocycles. The van der Waals surface area contributed by atoms with Gasteiger partial charge in [-0.15, -0.1) is 0 Å². The maximum absolute atomic E-state index is 9.10. The van der Waals surface area contributed by atoms with E-state index in [0.29, 0.717) is 11.5 Å². The van der Waals surface area contributed by atoms with Crippen molar-refractivity contribution in [1.29, 1.82) is 0 Å². The molecule has 1 N–H and O–H groups in total. The van der Waals surface area contributed by atoms with Gasteiger partial charge in [0.1, 0.15) is 5.52 Å². The molecule has 15 heavy (non-hydrogen) atoms. The third kappa shape index (κ3) is 2.04. The van der Waals surface area contributed by atoms with Crippen molar-refractivity contribution in [2.24, 2.45) is 0 Å². The summed E-state index contributed by atoms with van der Waals surface area (Å²) in [5.41, 5.74) is 2.60. The Morgan fingerprint density at radius 3 is 2.93 bits per heavy atom. The highest BCUT2D eigenvalue weighted by Crippen LogP contribution is 2.26. The summed E-state index contributed by atoms with van der Waals surface area (Å²) in [6, 6.07) is 3.90. The van der Waals surface area contributed by atoms with E-state index in [1.807, 2.05) is 19.1 Å². The topological polar surface area (TPSA) is 46.3 Å². The Morgan fingerprint density at radius 2 is 2.27 bits per heavy atom. The number of rotatable bonds is 1. The van der Waals surface area contributed by atoms with Crippen LogP contribution in [-0.4, -0.2) is 10.1 Å². The minimum absolute atomic E-state index is 0.175. The smallest absolute Gasteiger partial charge is 0.223 e. The van der Waals surface area contributed by atoms with E-state index in [1.54, 1.807) is 6.92 Å². The SMILES string of the molecule is C/C(O)=C\c1nc2cc(C)cc(Br)c2o1. The largest absolute Gasteiger partial charge is 0.512 e. The number of aliphatic hydroxyl groups excluding tert-OH is 1. The zero-order valence-electron chi connectivity index (χ0n) is 8.41. The molecule has 0 aliphatic heterocycles. The number of aryl methyl sites for hydroxylation is 1. The fourth-order valence-corrected chi connectivity index (χ4v) is 2.03. The van der Waals surface area contributed by atoms with Gasteiger partial charge in [-0.2, -0.15) is 0 Å². The van der Waals surface area contributed by atoms with Crippen LogP contribution in [0.3, 0.4) is 0 Å². The van der Waals surface area contributed by atoms with Crippen molar-refractivity contribution in [2.75, 3.05) is 0 Å². The number of fused-ring (bicyclic) bond motifs is 1. The molecule has 0 bridgehead atoms. The average molecular weight is 268 g/mol. The predicted octanol–water partition coefficient (Wildman–Crippen LogP) is 3.82. The van der Waals surface area contributed by atoms with Gasteiger partial charge in [0.2, 0.25) is 5.89 Å². The summed E-state index contributed by atoms with van der Waals surface area (Å²) < 4.78 is 6.35. The molecule has 0 amide bonds. The van der Waals surface area contributed by atoms with Crippen LogP contribution >= 0.6 is 15.9 Å². The van der Waals surface area contributed by atoms with Crippen molar-refractivity contribution < 1.29 is 9.52 Å². The van der Waals surface area contributed by atoms with Crippen molar-refractivity contribution >= 4 is 33.1 Å². The highest BCUT2D eigenvalue weighted by atomic mass is 79.9. The molecule has 1 aromatic heterocycles. The van der Waals surface area contributed by atoms with Crippen LogP contribution in [0.5, 0.6) is 0 Å². The van der Waals surface area contributed by atoms with Gasteiger partial charge >= 0.3 is 0 Å². The number of aliphatic hydroxyl groups is 1. The van der Waals surface area contributed by atoms with E-state index in [-0.39, 0.29) is 5.76 Å². The van der Waals surface area contributed by atoms with Crippen molar-refractivity contribution in [3.05, 3.63) is 33.8 Å². The van der Waals surface area contributed by atoms with Gasteiger partial charge in [0, 0.05) is 6.08 Å². The first-order chi connectivity index (χ1) is 7.06. The Balaban J connectivity index is 2.65. The summed E-state index contributed by atoms with van der Waals surface area (Å²) in [6.45, 7) is 3.57. The van der Waals surface area contributed by atoms with Gasteiger partial charge in [-0.25, -0.2) is 4.98 Å². The highest BCUT2D eigenvalue weighted by molar-refractivity contribution is 9.10. The normalized spacial score (nSPS) is 12.3. The lowest BCUT2D eigenvalue weighted by molar-refractivity contribution is 0.417. The number of hydrogen-bond donors (Lipinski definition) is 1. The molecule has 0 fully saturated rings. The molecular weight excluding hydrogens is 258 g/mol. The summed E-state index contributed by atoms with van der Waals surface area (Å²) in [5, 5.41) is 9.10. The molecule has 0 unspecified atom stereocenters. The molecule has 78 valence electrons. The molecular formula is C11H10BrNO2. The Labute approximate surface area is 95.6 Å².